The van der Waals surface area contributed by atoms with Crippen molar-refractivity contribution < 1.29 is 0 Å². The van der Waals surface area contributed by atoms with E-state index < -0.39 is 0 Å². The zero-order valence-electron chi connectivity index (χ0n) is 22.2. The first kappa shape index (κ1) is 36.3. The van der Waals surface area contributed by atoms with Crippen molar-refractivity contribution in [3.8, 4) is 0 Å². The zero-order valence-corrected chi connectivity index (χ0v) is 22.2. The molecule has 0 bridgehead atoms. The van der Waals surface area contributed by atoms with Crippen LogP contribution in [-0.4, -0.2) is 12.8 Å². The number of hydrogen-bond acceptors (Lipinski definition) is 3. The van der Waals surface area contributed by atoms with Gasteiger partial charge in [0.1, 0.15) is 0 Å². The van der Waals surface area contributed by atoms with E-state index in [2.05, 4.69) is 30.0 Å². The number of rotatable bonds is 8. The highest BCUT2D eigenvalue weighted by Crippen LogP contribution is 2.10. The van der Waals surface area contributed by atoms with E-state index in [0.717, 1.165) is 29.1 Å². The van der Waals surface area contributed by atoms with Crippen LogP contribution in [0.1, 0.15) is 67.9 Å². The third-order valence-corrected chi connectivity index (χ3v) is 3.05. The van der Waals surface area contributed by atoms with Crippen LogP contribution in [-0.2, 0) is 0 Å². The van der Waals surface area contributed by atoms with Gasteiger partial charge in [-0.05, 0) is 44.5 Å². The Labute approximate surface area is 199 Å². The van der Waals surface area contributed by atoms with E-state index in [-0.39, 0.29) is 0 Å². The summed E-state index contributed by atoms with van der Waals surface area (Å²) in [5, 5.41) is 3.29. The molecule has 1 rings (SSSR count). The number of allylic oxidation sites excluding steroid dienone is 6. The Morgan fingerprint density at radius 3 is 1.84 bits per heavy atom. The Hall–Kier alpha value is -3.07. The molecule has 0 spiro atoms. The maximum absolute atomic E-state index is 5.88. The quantitative estimate of drug-likeness (QED) is 0.241. The second-order valence-corrected chi connectivity index (χ2v) is 5.48. The van der Waals surface area contributed by atoms with Crippen molar-refractivity contribution >= 4 is 11.9 Å². The summed E-state index contributed by atoms with van der Waals surface area (Å²) in [6, 6.07) is 8.04. The van der Waals surface area contributed by atoms with Gasteiger partial charge in [0.25, 0.3) is 0 Å². The van der Waals surface area contributed by atoms with Crippen molar-refractivity contribution in [3.05, 3.63) is 103 Å². The molecule has 0 aliphatic rings. The van der Waals surface area contributed by atoms with E-state index >= 15 is 0 Å². The predicted molar refractivity (Wildman–Crippen MR) is 153 cm³/mol. The average molecular weight is 440 g/mol. The molecule has 0 saturated carbocycles. The van der Waals surface area contributed by atoms with Crippen molar-refractivity contribution in [2.75, 3.05) is 11.9 Å². The SMILES string of the molecule is C=C/C=C(N)\C(=C/C)N=Cc1ccc(NCC(=C)C)cc1.C=C/C=C\C.CC.CC.CC. The van der Waals surface area contributed by atoms with Crippen molar-refractivity contribution in [2.24, 2.45) is 10.7 Å². The normalized spacial score (nSPS) is 10.2. The molecule has 0 saturated heterocycles. The molecule has 0 unspecified atom stereocenters. The standard InChI is InChI=1S/C18H23N3.C5H8.3C2H6/c1-5-7-17(19)18(6-2)21-13-15-8-10-16(11-9-15)20-12-14(3)4;1-3-5-4-2;3*1-2/h5-11,13,20H,1,3,12,19H2,2,4H3;3-5H,1H2,2H3;3*1-2H3/b17-7+,18-6+,21-13?;5-4-;;;. The van der Waals surface area contributed by atoms with Crippen molar-refractivity contribution in [2.45, 2.75) is 62.3 Å². The van der Waals surface area contributed by atoms with Crippen LogP contribution in [0.4, 0.5) is 5.69 Å². The number of nitrogens with two attached hydrogens (primary N) is 1. The van der Waals surface area contributed by atoms with Gasteiger partial charge in [0.15, 0.2) is 0 Å². The Morgan fingerprint density at radius 1 is 0.969 bits per heavy atom. The van der Waals surface area contributed by atoms with Gasteiger partial charge in [-0.3, -0.25) is 4.99 Å². The minimum absolute atomic E-state index is 0.600. The number of hydrogen-bond donors (Lipinski definition) is 2. The van der Waals surface area contributed by atoms with Crippen LogP contribution in [0.15, 0.2) is 102 Å². The highest BCUT2D eigenvalue weighted by atomic mass is 14.9. The Balaban J connectivity index is -0.000000302. The van der Waals surface area contributed by atoms with E-state index in [1.165, 1.54) is 0 Å². The molecule has 0 atom stereocenters. The fraction of sp³-hybridized carbons (Fsp3) is 0.345. The van der Waals surface area contributed by atoms with Gasteiger partial charge in [-0.15, -0.1) is 0 Å². The Morgan fingerprint density at radius 2 is 1.50 bits per heavy atom. The molecule has 180 valence electrons. The van der Waals surface area contributed by atoms with E-state index in [1.807, 2.05) is 105 Å². The van der Waals surface area contributed by atoms with E-state index in [1.54, 1.807) is 24.4 Å². The maximum Gasteiger partial charge on any atom is 0.0816 e. The molecular formula is C29H49N3. The molecule has 0 aliphatic carbocycles. The first-order chi connectivity index (χ1) is 15.5. The van der Waals surface area contributed by atoms with Gasteiger partial charge >= 0.3 is 0 Å². The van der Waals surface area contributed by atoms with Gasteiger partial charge in [-0.25, -0.2) is 0 Å². The van der Waals surface area contributed by atoms with E-state index in [0.29, 0.717) is 5.70 Å². The molecular weight excluding hydrogens is 390 g/mol. The van der Waals surface area contributed by atoms with Crippen LogP contribution in [0.2, 0.25) is 0 Å². The molecule has 1 aromatic rings. The van der Waals surface area contributed by atoms with Gasteiger partial charge in [-0.1, -0.05) is 109 Å². The molecule has 0 fully saturated rings. The van der Waals surface area contributed by atoms with Gasteiger partial charge in [-0.2, -0.15) is 0 Å². The lowest BCUT2D eigenvalue weighted by Gasteiger charge is -2.06. The number of nitrogens with one attached hydrogen (secondary N) is 1. The van der Waals surface area contributed by atoms with Crippen LogP contribution >= 0.6 is 0 Å². The number of anilines is 1. The van der Waals surface area contributed by atoms with Crippen molar-refractivity contribution in [3.63, 3.8) is 0 Å². The smallest absolute Gasteiger partial charge is 0.0816 e. The van der Waals surface area contributed by atoms with Crippen molar-refractivity contribution in [1.82, 2.24) is 0 Å². The lowest BCUT2D eigenvalue weighted by atomic mass is 10.2. The highest BCUT2D eigenvalue weighted by molar-refractivity contribution is 5.81. The van der Waals surface area contributed by atoms with E-state index in [4.69, 9.17) is 5.73 Å². The van der Waals surface area contributed by atoms with Gasteiger partial charge in [0.2, 0.25) is 0 Å². The monoisotopic (exact) mass is 439 g/mol. The summed E-state index contributed by atoms with van der Waals surface area (Å²) in [7, 11) is 0. The molecule has 3 nitrogen and oxygen atoms in total. The van der Waals surface area contributed by atoms with Crippen LogP contribution < -0.4 is 11.1 Å². The Kier molecular flexibility index (Phi) is 34.2. The van der Waals surface area contributed by atoms with Crippen LogP contribution in [0.3, 0.4) is 0 Å². The van der Waals surface area contributed by atoms with Crippen molar-refractivity contribution in [1.29, 1.82) is 0 Å². The number of nitrogens with zero attached hydrogens (tertiary/aromatic N) is 1. The lowest BCUT2D eigenvalue weighted by molar-refractivity contribution is 1.22. The summed E-state index contributed by atoms with van der Waals surface area (Å²) < 4.78 is 0. The molecule has 1 aromatic carbocycles. The first-order valence-electron chi connectivity index (χ1n) is 11.5. The second-order valence-electron chi connectivity index (χ2n) is 5.48. The van der Waals surface area contributed by atoms with Crippen LogP contribution in [0, 0.1) is 0 Å². The Bertz CT molecular complexity index is 688. The minimum atomic E-state index is 0.600. The summed E-state index contributed by atoms with van der Waals surface area (Å²) >= 11 is 0. The molecule has 3 heteroatoms. The van der Waals surface area contributed by atoms with Gasteiger partial charge < -0.3 is 11.1 Å². The zero-order chi connectivity index (χ0) is 25.8. The van der Waals surface area contributed by atoms with Crippen LogP contribution in [0.5, 0.6) is 0 Å². The minimum Gasteiger partial charge on any atom is -0.397 e. The predicted octanol–water partition coefficient (Wildman–Crippen LogP) is 8.85. The second kappa shape index (κ2) is 30.1. The fourth-order valence-corrected chi connectivity index (χ4v) is 1.75. The summed E-state index contributed by atoms with van der Waals surface area (Å²) in [6.45, 7) is 29.6. The van der Waals surface area contributed by atoms with E-state index in [9.17, 15) is 0 Å². The average Bonchev–Trinajstić information content (AvgIpc) is 2.84. The maximum atomic E-state index is 5.88. The molecule has 0 amide bonds. The highest BCUT2D eigenvalue weighted by Gasteiger charge is 1.96. The molecule has 0 heterocycles. The van der Waals surface area contributed by atoms with Gasteiger partial charge in [0.05, 0.1) is 11.4 Å². The molecule has 0 aliphatic heterocycles. The molecule has 3 N–H and O–H groups in total. The largest absolute Gasteiger partial charge is 0.397 e. The third kappa shape index (κ3) is 23.2. The van der Waals surface area contributed by atoms with Gasteiger partial charge in [0, 0.05) is 18.4 Å². The molecule has 32 heavy (non-hydrogen) atoms. The topological polar surface area (TPSA) is 50.4 Å². The number of benzene rings is 1. The first-order valence-corrected chi connectivity index (χ1v) is 11.5. The fourth-order valence-electron chi connectivity index (χ4n) is 1.75. The lowest BCUT2D eigenvalue weighted by Crippen LogP contribution is -2.01. The molecule has 0 aromatic heterocycles. The van der Waals surface area contributed by atoms with Crippen LogP contribution in [0.25, 0.3) is 0 Å². The number of aliphatic imine (C=N–C) groups is 1. The summed E-state index contributed by atoms with van der Waals surface area (Å²) in [4.78, 5) is 4.40. The summed E-state index contributed by atoms with van der Waals surface area (Å²) in [6.07, 6.45) is 12.6. The summed E-state index contributed by atoms with van der Waals surface area (Å²) in [5.41, 5.74) is 10.4. The molecule has 0 radical (unpaired) electrons. The summed E-state index contributed by atoms with van der Waals surface area (Å²) in [5.74, 6) is 0. The third-order valence-electron chi connectivity index (χ3n) is 3.05.